The fourth-order valence-corrected chi connectivity index (χ4v) is 5.65. The molecule has 1 saturated heterocycles. The molecule has 1 aliphatic rings. The van der Waals surface area contributed by atoms with E-state index >= 15 is 0 Å². The molecular formula is C22H27ClN2O5S. The second kappa shape index (κ2) is 9.46. The van der Waals surface area contributed by atoms with Gasteiger partial charge in [-0.25, -0.2) is 8.42 Å². The van der Waals surface area contributed by atoms with Crippen LogP contribution in [0.5, 0.6) is 11.5 Å². The Bertz CT molecular complexity index is 1060. The summed E-state index contributed by atoms with van der Waals surface area (Å²) >= 11 is 6.08. The summed E-state index contributed by atoms with van der Waals surface area (Å²) in [5.41, 5.74) is 5.68. The van der Waals surface area contributed by atoms with Crippen LogP contribution in [-0.4, -0.2) is 45.4 Å². The van der Waals surface area contributed by atoms with E-state index in [0.29, 0.717) is 35.9 Å². The predicted octanol–water partition coefficient (Wildman–Crippen LogP) is 3.38. The molecule has 0 saturated carbocycles. The van der Waals surface area contributed by atoms with Crippen molar-refractivity contribution in [1.82, 2.24) is 4.31 Å². The van der Waals surface area contributed by atoms with Gasteiger partial charge in [0.05, 0.1) is 18.6 Å². The molecule has 0 spiro atoms. The number of hydrogen-bond donors (Lipinski definition) is 1. The topological polar surface area (TPSA) is 98.9 Å². The molecule has 31 heavy (non-hydrogen) atoms. The van der Waals surface area contributed by atoms with Crippen molar-refractivity contribution in [3.05, 3.63) is 53.1 Å². The van der Waals surface area contributed by atoms with Crippen molar-refractivity contribution in [2.75, 3.05) is 26.8 Å². The van der Waals surface area contributed by atoms with Crippen LogP contribution in [0.3, 0.4) is 0 Å². The van der Waals surface area contributed by atoms with E-state index in [1.165, 1.54) is 23.5 Å². The molecule has 7 nitrogen and oxygen atoms in total. The zero-order chi connectivity index (χ0) is 22.6. The van der Waals surface area contributed by atoms with Crippen molar-refractivity contribution in [1.29, 1.82) is 0 Å². The van der Waals surface area contributed by atoms with Gasteiger partial charge in [-0.2, -0.15) is 4.31 Å². The summed E-state index contributed by atoms with van der Waals surface area (Å²) in [6.45, 7) is 2.54. The molecule has 2 N–H and O–H groups in total. The van der Waals surface area contributed by atoms with Gasteiger partial charge in [0.2, 0.25) is 15.9 Å². The molecule has 1 fully saturated rings. The molecule has 1 atom stereocenters. The van der Waals surface area contributed by atoms with Crippen LogP contribution in [0.1, 0.15) is 24.8 Å². The predicted molar refractivity (Wildman–Crippen MR) is 119 cm³/mol. The number of ether oxygens (including phenoxy) is 2. The number of methoxy groups -OCH3 is 1. The number of nitrogens with zero attached hydrogens (tertiary/aromatic N) is 1. The number of primary amides is 1. The van der Waals surface area contributed by atoms with E-state index in [-0.39, 0.29) is 24.5 Å². The van der Waals surface area contributed by atoms with Crippen molar-refractivity contribution >= 4 is 27.5 Å². The van der Waals surface area contributed by atoms with Crippen molar-refractivity contribution in [2.45, 2.75) is 31.1 Å². The molecule has 1 aliphatic heterocycles. The summed E-state index contributed by atoms with van der Waals surface area (Å²) in [5, 5.41) is 0.632. The van der Waals surface area contributed by atoms with Crippen LogP contribution in [0.4, 0.5) is 0 Å². The maximum absolute atomic E-state index is 13.3. The lowest BCUT2D eigenvalue weighted by Gasteiger charge is -2.41. The highest BCUT2D eigenvalue weighted by Crippen LogP contribution is 2.37. The molecule has 2 aromatic rings. The molecule has 0 unspecified atom stereocenters. The minimum Gasteiger partial charge on any atom is -0.497 e. The Morgan fingerprint density at radius 3 is 2.68 bits per heavy atom. The van der Waals surface area contributed by atoms with E-state index in [2.05, 4.69) is 0 Å². The summed E-state index contributed by atoms with van der Waals surface area (Å²) in [4.78, 5) is 12.0. The second-order valence-electron chi connectivity index (χ2n) is 7.96. The molecule has 2 aromatic carbocycles. The maximum atomic E-state index is 13.3. The van der Waals surface area contributed by atoms with E-state index in [9.17, 15) is 13.2 Å². The Hall–Kier alpha value is -2.29. The average Bonchev–Trinajstić information content (AvgIpc) is 2.74. The molecule has 0 bridgehead atoms. The fraction of sp³-hybridized carbons (Fsp3) is 0.409. The highest BCUT2D eigenvalue weighted by atomic mass is 35.5. The Balaban J connectivity index is 1.84. The normalized spacial score (nSPS) is 19.7. The van der Waals surface area contributed by atoms with Crippen LogP contribution in [0.15, 0.2) is 47.4 Å². The van der Waals surface area contributed by atoms with E-state index < -0.39 is 21.3 Å². The quantitative estimate of drug-likeness (QED) is 0.642. The monoisotopic (exact) mass is 466 g/mol. The Kier molecular flexibility index (Phi) is 7.13. The van der Waals surface area contributed by atoms with Crippen LogP contribution in [0.2, 0.25) is 5.02 Å². The molecule has 0 aliphatic carbocycles. The number of rotatable bonds is 8. The first-order chi connectivity index (χ1) is 14.6. The minimum atomic E-state index is -3.77. The Morgan fingerprint density at radius 1 is 1.23 bits per heavy atom. The smallest absolute Gasteiger partial charge is 0.243 e. The first-order valence-electron chi connectivity index (χ1n) is 9.97. The summed E-state index contributed by atoms with van der Waals surface area (Å²) in [6.07, 6.45) is 1.26. The zero-order valence-electron chi connectivity index (χ0n) is 17.6. The van der Waals surface area contributed by atoms with Gasteiger partial charge in [-0.15, -0.1) is 0 Å². The van der Waals surface area contributed by atoms with Gasteiger partial charge in [0.25, 0.3) is 0 Å². The molecule has 1 amide bonds. The molecule has 0 aromatic heterocycles. The van der Waals surface area contributed by atoms with E-state index in [1.807, 2.05) is 13.0 Å². The highest BCUT2D eigenvalue weighted by Gasteiger charge is 2.42. The third-order valence-electron chi connectivity index (χ3n) is 5.53. The number of sulfonamides is 1. The van der Waals surface area contributed by atoms with Gasteiger partial charge in [-0.3, -0.25) is 4.79 Å². The Labute approximate surface area is 188 Å². The van der Waals surface area contributed by atoms with Gasteiger partial charge >= 0.3 is 0 Å². The van der Waals surface area contributed by atoms with Crippen molar-refractivity contribution in [3.8, 4) is 11.5 Å². The zero-order valence-corrected chi connectivity index (χ0v) is 19.2. The van der Waals surface area contributed by atoms with Crippen molar-refractivity contribution < 1.29 is 22.7 Å². The molecule has 168 valence electrons. The molecular weight excluding hydrogens is 440 g/mol. The largest absolute Gasteiger partial charge is 0.497 e. The van der Waals surface area contributed by atoms with E-state index in [4.69, 9.17) is 26.8 Å². The maximum Gasteiger partial charge on any atom is 0.243 e. The summed E-state index contributed by atoms with van der Waals surface area (Å²) in [7, 11) is -2.28. The van der Waals surface area contributed by atoms with Gasteiger partial charge in [0, 0.05) is 36.0 Å². The summed E-state index contributed by atoms with van der Waals surface area (Å²) < 4.78 is 39.1. The highest BCUT2D eigenvalue weighted by molar-refractivity contribution is 7.89. The van der Waals surface area contributed by atoms with Crippen LogP contribution < -0.4 is 15.2 Å². The lowest BCUT2D eigenvalue weighted by Crippen LogP contribution is -2.50. The number of carbonyl (C=O) groups is 1. The number of benzene rings is 2. The van der Waals surface area contributed by atoms with E-state index in [0.717, 1.165) is 5.56 Å². The van der Waals surface area contributed by atoms with Crippen LogP contribution in [-0.2, 0) is 14.8 Å². The van der Waals surface area contributed by atoms with Gasteiger partial charge in [-0.1, -0.05) is 17.7 Å². The van der Waals surface area contributed by atoms with Crippen molar-refractivity contribution in [2.24, 2.45) is 11.1 Å². The second-order valence-corrected chi connectivity index (χ2v) is 10.3. The standard InChI is InChI=1S/C22H27ClN2O5S/c1-16-11-18(7-8-20(16)23)30-15-22(13-21(24)26)9-4-10-25(14-22)31(27,28)19-6-3-5-17(12-19)29-2/h3,5-8,11-12H,4,9-10,13-15H2,1-2H3,(H2,24,26)/t22-/m1/s1. The van der Waals surface area contributed by atoms with Gasteiger partial charge in [0.1, 0.15) is 11.5 Å². The summed E-state index contributed by atoms with van der Waals surface area (Å²) in [6, 6.07) is 11.7. The lowest BCUT2D eigenvalue weighted by molar-refractivity contribution is -0.121. The fourth-order valence-electron chi connectivity index (χ4n) is 3.90. The minimum absolute atomic E-state index is 0.0315. The SMILES string of the molecule is COc1cccc(S(=O)(=O)N2CCC[C@@](COc3ccc(Cl)c(C)c3)(CC(N)=O)C2)c1. The molecule has 1 heterocycles. The Morgan fingerprint density at radius 2 is 2.00 bits per heavy atom. The first kappa shape index (κ1) is 23.4. The average molecular weight is 467 g/mol. The first-order valence-corrected chi connectivity index (χ1v) is 11.8. The van der Waals surface area contributed by atoms with Crippen LogP contribution in [0, 0.1) is 12.3 Å². The van der Waals surface area contributed by atoms with E-state index in [1.54, 1.807) is 24.3 Å². The molecule has 9 heteroatoms. The number of piperidine rings is 1. The number of halogens is 1. The summed E-state index contributed by atoms with van der Waals surface area (Å²) in [5.74, 6) is 0.581. The molecule has 0 radical (unpaired) electrons. The van der Waals surface area contributed by atoms with Crippen LogP contribution >= 0.6 is 11.6 Å². The van der Waals surface area contributed by atoms with Crippen molar-refractivity contribution in [3.63, 3.8) is 0 Å². The third kappa shape index (κ3) is 5.50. The molecule has 3 rings (SSSR count). The van der Waals surface area contributed by atoms with Gasteiger partial charge < -0.3 is 15.2 Å². The number of amides is 1. The third-order valence-corrected chi connectivity index (χ3v) is 7.79. The lowest BCUT2D eigenvalue weighted by atomic mass is 9.78. The number of carbonyl (C=O) groups excluding carboxylic acids is 1. The van der Waals surface area contributed by atoms with Gasteiger partial charge in [0.15, 0.2) is 0 Å². The van der Waals surface area contributed by atoms with Crippen LogP contribution in [0.25, 0.3) is 0 Å². The number of aryl methyl sites for hydroxylation is 1. The number of hydrogen-bond acceptors (Lipinski definition) is 5. The number of nitrogens with two attached hydrogens (primary N) is 1. The van der Waals surface area contributed by atoms with Gasteiger partial charge in [-0.05, 0) is 55.7 Å².